The number of carbonyl (C=O) groups excluding carboxylic acids is 1. The van der Waals surface area contributed by atoms with Gasteiger partial charge in [0.05, 0.1) is 16.3 Å². The number of halogens is 1. The van der Waals surface area contributed by atoms with Gasteiger partial charge in [-0.1, -0.05) is 0 Å². The van der Waals surface area contributed by atoms with E-state index in [1.807, 2.05) is 0 Å². The molecule has 2 aromatic heterocycles. The van der Waals surface area contributed by atoms with E-state index in [4.69, 9.17) is 14.7 Å². The van der Waals surface area contributed by atoms with Crippen molar-refractivity contribution in [2.75, 3.05) is 36.5 Å². The highest BCUT2D eigenvalue weighted by Gasteiger charge is 2.56. The highest BCUT2D eigenvalue weighted by molar-refractivity contribution is 9.10. The number of piperidine rings is 1. The Bertz CT molecular complexity index is 875. The van der Waals surface area contributed by atoms with E-state index in [1.54, 1.807) is 11.3 Å². The van der Waals surface area contributed by atoms with Crippen LogP contribution in [-0.4, -0.2) is 48.7 Å². The van der Waals surface area contributed by atoms with Gasteiger partial charge < -0.3 is 14.5 Å². The van der Waals surface area contributed by atoms with Crippen LogP contribution >= 0.6 is 27.3 Å². The Morgan fingerprint density at radius 2 is 2.15 bits per heavy atom. The van der Waals surface area contributed by atoms with Crippen molar-refractivity contribution in [1.29, 1.82) is 0 Å². The Labute approximate surface area is 164 Å². The maximum Gasteiger partial charge on any atom is 0.305 e. The van der Waals surface area contributed by atoms with Gasteiger partial charge in [0.1, 0.15) is 5.52 Å². The summed E-state index contributed by atoms with van der Waals surface area (Å²) in [7, 11) is 1.47. The van der Waals surface area contributed by atoms with Crippen LogP contribution in [0.3, 0.4) is 0 Å². The Morgan fingerprint density at radius 1 is 1.38 bits per heavy atom. The van der Waals surface area contributed by atoms with Gasteiger partial charge in [0.25, 0.3) is 0 Å². The van der Waals surface area contributed by atoms with E-state index in [-0.39, 0.29) is 5.97 Å². The van der Waals surface area contributed by atoms with Crippen molar-refractivity contribution in [3.63, 3.8) is 0 Å². The Hall–Kier alpha value is -1.41. The molecule has 6 nitrogen and oxygen atoms in total. The number of methoxy groups -OCH3 is 1. The van der Waals surface area contributed by atoms with Crippen LogP contribution in [0.4, 0.5) is 11.8 Å². The zero-order chi connectivity index (χ0) is 18.0. The Balaban J connectivity index is 1.42. The molecule has 5 rings (SSSR count). The normalized spacial score (nSPS) is 29.7. The third-order valence-electron chi connectivity index (χ3n) is 6.22. The number of fused-ring (bicyclic) bond motifs is 2. The first-order chi connectivity index (χ1) is 12.6. The summed E-state index contributed by atoms with van der Waals surface area (Å²) in [6, 6.07) is 0.508. The lowest BCUT2D eigenvalue weighted by molar-refractivity contribution is -0.141. The number of hydrogen-bond acceptors (Lipinski definition) is 7. The van der Waals surface area contributed by atoms with Gasteiger partial charge in [0, 0.05) is 37.5 Å². The van der Waals surface area contributed by atoms with Gasteiger partial charge in [-0.15, -0.1) is 11.3 Å². The van der Waals surface area contributed by atoms with Crippen molar-refractivity contribution in [3.05, 3.63) is 9.85 Å². The van der Waals surface area contributed by atoms with Gasteiger partial charge >= 0.3 is 5.97 Å². The molecule has 26 heavy (non-hydrogen) atoms. The molecule has 8 heteroatoms. The van der Waals surface area contributed by atoms with Gasteiger partial charge in [-0.3, -0.25) is 4.79 Å². The van der Waals surface area contributed by atoms with Gasteiger partial charge in [-0.2, -0.15) is 4.98 Å². The highest BCUT2D eigenvalue weighted by Crippen LogP contribution is 2.55. The molecule has 0 spiro atoms. The van der Waals surface area contributed by atoms with Crippen molar-refractivity contribution in [2.45, 2.75) is 25.8 Å². The summed E-state index contributed by atoms with van der Waals surface area (Å²) in [6.45, 7) is 5.20. The summed E-state index contributed by atoms with van der Waals surface area (Å²) in [6.07, 6.45) is 1.75. The maximum absolute atomic E-state index is 11.5. The molecule has 0 amide bonds. The Morgan fingerprint density at radius 3 is 2.77 bits per heavy atom. The molecule has 2 aromatic rings. The summed E-state index contributed by atoms with van der Waals surface area (Å²) in [5.41, 5.74) is 1.01. The minimum Gasteiger partial charge on any atom is -0.469 e. The van der Waals surface area contributed by atoms with Gasteiger partial charge in [-0.25, -0.2) is 4.98 Å². The molecule has 0 bridgehead atoms. The number of esters is 1. The fraction of sp³-hybridized carbons (Fsp3) is 0.611. The van der Waals surface area contributed by atoms with Crippen molar-refractivity contribution in [2.24, 2.45) is 17.8 Å². The summed E-state index contributed by atoms with van der Waals surface area (Å²) < 4.78 is 7.02. The quantitative estimate of drug-likeness (QED) is 0.685. The first kappa shape index (κ1) is 16.7. The molecule has 2 aliphatic heterocycles. The number of thiophene rings is 1. The summed E-state index contributed by atoms with van der Waals surface area (Å²) >= 11 is 5.34. The molecular weight excluding hydrogens is 416 g/mol. The number of ether oxygens (including phenoxy) is 1. The maximum atomic E-state index is 11.5. The van der Waals surface area contributed by atoms with Gasteiger partial charge in [-0.05, 0) is 47.0 Å². The summed E-state index contributed by atoms with van der Waals surface area (Å²) in [4.78, 5) is 26.0. The molecule has 0 aromatic carbocycles. The Kier molecular flexibility index (Phi) is 3.90. The largest absolute Gasteiger partial charge is 0.469 e. The van der Waals surface area contributed by atoms with Gasteiger partial charge in [0.2, 0.25) is 5.95 Å². The van der Waals surface area contributed by atoms with E-state index < -0.39 is 0 Å². The van der Waals surface area contributed by atoms with Crippen LogP contribution in [0.2, 0.25) is 0 Å². The number of rotatable bonds is 4. The number of hydrogen-bond donors (Lipinski definition) is 0. The smallest absolute Gasteiger partial charge is 0.305 e. The molecule has 3 fully saturated rings. The first-order valence-electron chi connectivity index (χ1n) is 9.10. The number of aromatic nitrogens is 2. The third-order valence-corrected chi connectivity index (χ3v) is 8.09. The SMILES string of the molecule is COC(=O)CC1[C@H]2CN(c3nc(N4CC[C@@H]4C)nc4c(Br)csc34)C[C@@H]12. The minimum atomic E-state index is -0.0865. The first-order valence-corrected chi connectivity index (χ1v) is 10.8. The monoisotopic (exact) mass is 436 g/mol. The van der Waals surface area contributed by atoms with Gasteiger partial charge in [0.15, 0.2) is 5.82 Å². The van der Waals surface area contributed by atoms with Crippen LogP contribution in [0, 0.1) is 17.8 Å². The predicted octanol–water partition coefficient (Wildman–Crippen LogP) is 3.30. The van der Waals surface area contributed by atoms with Crippen LogP contribution < -0.4 is 9.80 Å². The van der Waals surface area contributed by atoms with Crippen molar-refractivity contribution in [3.8, 4) is 0 Å². The lowest BCUT2D eigenvalue weighted by Gasteiger charge is -2.39. The number of carbonyl (C=O) groups is 1. The van der Waals surface area contributed by atoms with Crippen molar-refractivity contribution < 1.29 is 9.53 Å². The summed E-state index contributed by atoms with van der Waals surface area (Å²) in [5.74, 6) is 3.49. The van der Waals surface area contributed by atoms with E-state index in [9.17, 15) is 4.79 Å². The molecule has 1 aliphatic carbocycles. The average molecular weight is 437 g/mol. The van der Waals surface area contributed by atoms with E-state index in [0.717, 1.165) is 46.1 Å². The van der Waals surface area contributed by atoms with E-state index in [1.165, 1.54) is 13.5 Å². The third kappa shape index (κ3) is 2.52. The molecule has 2 saturated heterocycles. The molecular formula is C18H21BrN4O2S. The molecule has 1 unspecified atom stereocenters. The zero-order valence-corrected chi connectivity index (χ0v) is 17.2. The van der Waals surface area contributed by atoms with Crippen LogP contribution in [0.15, 0.2) is 9.85 Å². The average Bonchev–Trinajstić information content (AvgIpc) is 2.98. The molecule has 1 saturated carbocycles. The van der Waals surface area contributed by atoms with Crippen LogP contribution in [0.5, 0.6) is 0 Å². The lowest BCUT2D eigenvalue weighted by Crippen LogP contribution is -2.46. The predicted molar refractivity (Wildman–Crippen MR) is 106 cm³/mol. The topological polar surface area (TPSA) is 58.6 Å². The van der Waals surface area contributed by atoms with Crippen LogP contribution in [0.1, 0.15) is 19.8 Å². The fourth-order valence-corrected chi connectivity index (χ4v) is 6.00. The summed E-state index contributed by atoms with van der Waals surface area (Å²) in [5, 5.41) is 2.10. The minimum absolute atomic E-state index is 0.0865. The number of nitrogens with zero attached hydrogens (tertiary/aromatic N) is 4. The van der Waals surface area contributed by atoms with Crippen LogP contribution in [0.25, 0.3) is 10.2 Å². The second-order valence-corrected chi connectivity index (χ2v) is 9.35. The zero-order valence-electron chi connectivity index (χ0n) is 14.8. The molecule has 0 radical (unpaired) electrons. The van der Waals surface area contributed by atoms with Crippen LogP contribution in [-0.2, 0) is 9.53 Å². The van der Waals surface area contributed by atoms with Crippen molar-refractivity contribution in [1.82, 2.24) is 9.97 Å². The standard InChI is InChI=1S/C18H21BrN4O2S/c1-9-3-4-23(9)18-20-15-13(19)8-26-16(15)17(21-18)22-6-11-10(12(11)7-22)5-14(24)25-2/h8-12H,3-7H2,1-2H3/t9-,10?,11-,12+/m0/s1. The number of anilines is 2. The van der Waals surface area contributed by atoms with Crippen molar-refractivity contribution >= 4 is 55.2 Å². The van der Waals surface area contributed by atoms with E-state index in [0.29, 0.717) is 30.2 Å². The fourth-order valence-electron chi connectivity index (χ4n) is 4.42. The second kappa shape index (κ2) is 6.05. The molecule has 4 atom stereocenters. The highest BCUT2D eigenvalue weighted by atomic mass is 79.9. The lowest BCUT2D eigenvalue weighted by atomic mass is 10.1. The molecule has 0 N–H and O–H groups in total. The molecule has 138 valence electrons. The van der Waals surface area contributed by atoms with E-state index in [2.05, 4.69) is 38.0 Å². The molecule has 4 heterocycles. The molecule has 3 aliphatic rings. The second-order valence-electron chi connectivity index (χ2n) is 7.62. The van der Waals surface area contributed by atoms with E-state index >= 15 is 0 Å².